The molecule has 1 heterocycles. The molecular weight excluding hydrogens is 329 g/mol. The summed E-state index contributed by atoms with van der Waals surface area (Å²) >= 11 is 3.20. The Labute approximate surface area is 117 Å². The van der Waals surface area contributed by atoms with E-state index >= 15 is 0 Å². The highest BCUT2D eigenvalue weighted by Gasteiger charge is 2.27. The molecule has 0 amide bonds. The summed E-state index contributed by atoms with van der Waals surface area (Å²) in [6, 6.07) is -0.0126. The number of Topliss-reactive ketones (excluding diaryl/α,β-unsaturated/α-hetero) is 1. The minimum absolute atomic E-state index is 0.0126. The predicted molar refractivity (Wildman–Crippen MR) is 66.1 cm³/mol. The van der Waals surface area contributed by atoms with Crippen LogP contribution in [-0.4, -0.2) is 35.0 Å². The number of carbonyl (C=O) groups excluding carboxylic acids is 1. The fraction of sp³-hybridized carbons (Fsp3) is 0.636. The van der Waals surface area contributed by atoms with Crippen LogP contribution in [0.3, 0.4) is 0 Å². The highest BCUT2D eigenvalue weighted by atomic mass is 79.9. The van der Waals surface area contributed by atoms with E-state index in [0.717, 1.165) is 0 Å². The third kappa shape index (κ3) is 4.94. The normalized spacial score (nSPS) is 12.2. The number of alkyl halides is 3. The lowest BCUT2D eigenvalue weighted by Crippen LogP contribution is -2.19. The van der Waals surface area contributed by atoms with Crippen molar-refractivity contribution in [3.05, 3.63) is 16.4 Å². The molecule has 4 nitrogen and oxygen atoms in total. The fourth-order valence-corrected chi connectivity index (χ4v) is 1.96. The molecule has 108 valence electrons. The van der Waals surface area contributed by atoms with Crippen LogP contribution in [0.15, 0.2) is 10.7 Å². The smallest absolute Gasteiger partial charge is 0.372 e. The first-order chi connectivity index (χ1) is 8.72. The summed E-state index contributed by atoms with van der Waals surface area (Å²) in [6.07, 6.45) is -3.00. The average molecular weight is 343 g/mol. The fourth-order valence-electron chi connectivity index (χ4n) is 1.46. The van der Waals surface area contributed by atoms with Crippen LogP contribution in [-0.2, 0) is 4.74 Å². The predicted octanol–water partition coefficient (Wildman–Crippen LogP) is 3.38. The lowest BCUT2D eigenvalue weighted by atomic mass is 10.2. The maximum absolute atomic E-state index is 11.9. The van der Waals surface area contributed by atoms with Crippen molar-refractivity contribution in [1.82, 2.24) is 9.78 Å². The molecule has 8 heteroatoms. The van der Waals surface area contributed by atoms with Gasteiger partial charge in [-0.2, -0.15) is 18.3 Å². The van der Waals surface area contributed by atoms with Crippen molar-refractivity contribution in [3.63, 3.8) is 0 Å². The van der Waals surface area contributed by atoms with E-state index < -0.39 is 12.8 Å². The molecule has 0 fully saturated rings. The van der Waals surface area contributed by atoms with Crippen molar-refractivity contribution in [2.75, 3.05) is 13.2 Å². The second kappa shape index (κ2) is 6.51. The van der Waals surface area contributed by atoms with Crippen LogP contribution in [0.1, 0.15) is 36.8 Å². The van der Waals surface area contributed by atoms with Gasteiger partial charge < -0.3 is 4.74 Å². The lowest BCUT2D eigenvalue weighted by Gasteiger charge is -2.11. The van der Waals surface area contributed by atoms with Gasteiger partial charge in [0.15, 0.2) is 5.78 Å². The molecule has 0 bridgehead atoms. The van der Waals surface area contributed by atoms with Crippen molar-refractivity contribution < 1.29 is 22.7 Å². The molecule has 1 aromatic rings. The number of nitrogens with zero attached hydrogens (tertiary/aromatic N) is 2. The van der Waals surface area contributed by atoms with E-state index in [0.29, 0.717) is 10.2 Å². The van der Waals surface area contributed by atoms with Gasteiger partial charge in [-0.25, -0.2) is 0 Å². The molecule has 0 aliphatic heterocycles. The molecule has 0 aromatic carbocycles. The Balaban J connectivity index is 2.57. The summed E-state index contributed by atoms with van der Waals surface area (Å²) in [4.78, 5) is 11.9. The summed E-state index contributed by atoms with van der Waals surface area (Å²) in [7, 11) is 0. The molecule has 0 radical (unpaired) electrons. The molecule has 0 saturated heterocycles. The molecule has 0 aliphatic rings. The maximum Gasteiger partial charge on any atom is 0.411 e. The van der Waals surface area contributed by atoms with Gasteiger partial charge in [0.05, 0.1) is 17.3 Å². The first-order valence-corrected chi connectivity index (χ1v) is 6.42. The van der Waals surface area contributed by atoms with E-state index in [9.17, 15) is 18.0 Å². The van der Waals surface area contributed by atoms with Gasteiger partial charge in [0, 0.05) is 12.5 Å². The third-order valence-electron chi connectivity index (χ3n) is 2.24. The molecule has 19 heavy (non-hydrogen) atoms. The zero-order chi connectivity index (χ0) is 14.6. The van der Waals surface area contributed by atoms with Crippen LogP contribution in [0.2, 0.25) is 0 Å². The molecular formula is C11H14BrF3N2O2. The Morgan fingerprint density at radius 3 is 2.68 bits per heavy atom. The first-order valence-electron chi connectivity index (χ1n) is 5.63. The van der Waals surface area contributed by atoms with Gasteiger partial charge >= 0.3 is 6.18 Å². The highest BCUT2D eigenvalue weighted by molar-refractivity contribution is 9.10. The highest BCUT2D eigenvalue weighted by Crippen LogP contribution is 2.21. The van der Waals surface area contributed by atoms with Gasteiger partial charge in [0.2, 0.25) is 0 Å². The minimum Gasteiger partial charge on any atom is -0.372 e. The molecule has 0 atom stereocenters. The van der Waals surface area contributed by atoms with E-state index in [2.05, 4.69) is 25.8 Å². The van der Waals surface area contributed by atoms with Crippen LogP contribution in [0, 0.1) is 0 Å². The topological polar surface area (TPSA) is 44.1 Å². The van der Waals surface area contributed by atoms with Gasteiger partial charge in [-0.05, 0) is 29.8 Å². The Hall–Kier alpha value is -0.890. The number of hydrogen-bond acceptors (Lipinski definition) is 3. The average Bonchev–Trinajstić information content (AvgIpc) is 2.65. The van der Waals surface area contributed by atoms with Crippen LogP contribution < -0.4 is 0 Å². The Bertz CT molecular complexity index is 444. The van der Waals surface area contributed by atoms with Gasteiger partial charge in [-0.1, -0.05) is 0 Å². The van der Waals surface area contributed by atoms with E-state index in [1.807, 2.05) is 13.8 Å². The molecule has 1 rings (SSSR count). The summed E-state index contributed by atoms with van der Waals surface area (Å²) < 4.78 is 42.0. The Morgan fingerprint density at radius 2 is 2.16 bits per heavy atom. The van der Waals surface area contributed by atoms with Crippen molar-refractivity contribution >= 4 is 21.7 Å². The van der Waals surface area contributed by atoms with Gasteiger partial charge in [0.25, 0.3) is 0 Å². The van der Waals surface area contributed by atoms with E-state index in [1.165, 1.54) is 10.9 Å². The van der Waals surface area contributed by atoms with Gasteiger partial charge in [-0.3, -0.25) is 9.48 Å². The summed E-state index contributed by atoms with van der Waals surface area (Å²) in [6.45, 7) is 2.10. The summed E-state index contributed by atoms with van der Waals surface area (Å²) in [5.74, 6) is -0.305. The monoisotopic (exact) mass is 342 g/mol. The van der Waals surface area contributed by atoms with Crippen molar-refractivity contribution in [1.29, 1.82) is 0 Å². The van der Waals surface area contributed by atoms with E-state index in [1.54, 1.807) is 0 Å². The third-order valence-corrected chi connectivity index (χ3v) is 2.82. The van der Waals surface area contributed by atoms with Gasteiger partial charge in [-0.15, -0.1) is 0 Å². The standard InChI is InChI=1S/C11H14BrF3N2O2/c1-7(2)17-10(8(12)5-16-17)9(18)3-4-19-6-11(13,14)15/h5,7H,3-4,6H2,1-2H3. The minimum atomic E-state index is -4.37. The first kappa shape index (κ1) is 16.2. The molecule has 0 saturated carbocycles. The number of carbonyl (C=O) groups is 1. The number of hydrogen-bond donors (Lipinski definition) is 0. The SMILES string of the molecule is CC(C)n1ncc(Br)c1C(=O)CCOCC(F)(F)F. The van der Waals surface area contributed by atoms with E-state index in [-0.39, 0.29) is 24.9 Å². The van der Waals surface area contributed by atoms with E-state index in [4.69, 9.17) is 0 Å². The largest absolute Gasteiger partial charge is 0.411 e. The quantitative estimate of drug-likeness (QED) is 0.588. The molecule has 0 unspecified atom stereocenters. The molecule has 1 aromatic heterocycles. The number of ketones is 1. The Kier molecular flexibility index (Phi) is 5.54. The number of halogens is 4. The molecule has 0 spiro atoms. The number of ether oxygens (including phenoxy) is 1. The second-order valence-electron chi connectivity index (χ2n) is 4.22. The zero-order valence-corrected chi connectivity index (χ0v) is 12.1. The summed E-state index contributed by atoms with van der Waals surface area (Å²) in [5.41, 5.74) is 0.352. The van der Waals surface area contributed by atoms with Crippen LogP contribution in [0.4, 0.5) is 13.2 Å². The summed E-state index contributed by atoms with van der Waals surface area (Å²) in [5, 5.41) is 4.03. The number of rotatable bonds is 6. The lowest BCUT2D eigenvalue weighted by molar-refractivity contribution is -0.173. The van der Waals surface area contributed by atoms with Crippen LogP contribution in [0.5, 0.6) is 0 Å². The number of aromatic nitrogens is 2. The van der Waals surface area contributed by atoms with Crippen molar-refractivity contribution in [2.24, 2.45) is 0 Å². The van der Waals surface area contributed by atoms with Crippen molar-refractivity contribution in [2.45, 2.75) is 32.5 Å². The second-order valence-corrected chi connectivity index (χ2v) is 5.07. The van der Waals surface area contributed by atoms with Gasteiger partial charge in [0.1, 0.15) is 12.3 Å². The zero-order valence-electron chi connectivity index (χ0n) is 10.5. The van der Waals surface area contributed by atoms with Crippen LogP contribution >= 0.6 is 15.9 Å². The molecule has 0 aliphatic carbocycles. The Morgan fingerprint density at radius 1 is 1.53 bits per heavy atom. The molecule has 0 N–H and O–H groups in total. The van der Waals surface area contributed by atoms with Crippen molar-refractivity contribution in [3.8, 4) is 0 Å². The maximum atomic E-state index is 11.9. The van der Waals surface area contributed by atoms with Crippen LogP contribution in [0.25, 0.3) is 0 Å².